The summed E-state index contributed by atoms with van der Waals surface area (Å²) in [5.41, 5.74) is 0.675. The predicted molar refractivity (Wildman–Crippen MR) is 56.7 cm³/mol. The Labute approximate surface area is 90.1 Å². The van der Waals surface area contributed by atoms with Gasteiger partial charge in [-0.25, -0.2) is 0 Å². The molecule has 2 unspecified atom stereocenters. The fraction of sp³-hybridized carbons (Fsp3) is 0.750. The van der Waals surface area contributed by atoms with Crippen LogP contribution in [0.2, 0.25) is 0 Å². The van der Waals surface area contributed by atoms with E-state index >= 15 is 0 Å². The molecule has 2 aliphatic rings. The number of aliphatic hydroxyl groups is 1. The van der Waals surface area contributed by atoms with Crippen molar-refractivity contribution >= 4 is 5.78 Å². The second kappa shape index (κ2) is 4.35. The lowest BCUT2D eigenvalue weighted by molar-refractivity contribution is -0.117. The number of unbranched alkanes of at least 4 members (excludes halogenated alkanes) is 1. The van der Waals surface area contributed by atoms with Gasteiger partial charge >= 0.3 is 0 Å². The zero-order valence-corrected chi connectivity index (χ0v) is 9.16. The van der Waals surface area contributed by atoms with Gasteiger partial charge in [0.15, 0.2) is 5.78 Å². The van der Waals surface area contributed by atoms with Gasteiger partial charge in [-0.05, 0) is 12.8 Å². The minimum absolute atomic E-state index is 0.132. The summed E-state index contributed by atoms with van der Waals surface area (Å²) in [6.45, 7) is 2.85. The van der Waals surface area contributed by atoms with E-state index in [0.717, 1.165) is 25.9 Å². The molecular weight excluding hydrogens is 192 g/mol. The Kier molecular flexibility index (Phi) is 3.10. The number of carbonyl (C=O) groups is 1. The first-order valence-corrected chi connectivity index (χ1v) is 5.78. The van der Waals surface area contributed by atoms with Crippen LogP contribution in [0.5, 0.6) is 0 Å². The first kappa shape index (κ1) is 10.7. The lowest BCUT2D eigenvalue weighted by atomic mass is 9.83. The van der Waals surface area contributed by atoms with Crippen LogP contribution in [0, 0.1) is 5.92 Å². The highest BCUT2D eigenvalue weighted by Gasteiger charge is 2.38. The largest absolute Gasteiger partial charge is 0.512 e. The first-order valence-electron chi connectivity index (χ1n) is 5.78. The Morgan fingerprint density at radius 3 is 2.73 bits per heavy atom. The van der Waals surface area contributed by atoms with E-state index in [1.165, 1.54) is 0 Å². The predicted octanol–water partition coefficient (Wildman–Crippen LogP) is 2.37. The van der Waals surface area contributed by atoms with Crippen LogP contribution in [0.3, 0.4) is 0 Å². The smallest absolute Gasteiger partial charge is 0.162 e. The van der Waals surface area contributed by atoms with E-state index in [1.54, 1.807) is 0 Å². The fourth-order valence-corrected chi connectivity index (χ4v) is 2.19. The number of carbonyl (C=O) groups excluding carboxylic acids is 1. The van der Waals surface area contributed by atoms with E-state index in [4.69, 9.17) is 4.74 Å². The molecule has 0 bridgehead atoms. The molecule has 1 aliphatic heterocycles. The van der Waals surface area contributed by atoms with E-state index < -0.39 is 0 Å². The molecule has 1 saturated heterocycles. The molecule has 0 aromatic rings. The average Bonchev–Trinajstić information content (AvgIpc) is 2.99. The number of hydrogen-bond acceptors (Lipinski definition) is 3. The van der Waals surface area contributed by atoms with Crippen LogP contribution in [-0.4, -0.2) is 23.6 Å². The van der Waals surface area contributed by atoms with Crippen LogP contribution < -0.4 is 0 Å². The highest BCUT2D eigenvalue weighted by molar-refractivity contribution is 5.96. The number of aliphatic hydroxyl groups excluding tert-OH is 1. The van der Waals surface area contributed by atoms with Crippen LogP contribution in [-0.2, 0) is 9.53 Å². The summed E-state index contributed by atoms with van der Waals surface area (Å²) in [4.78, 5) is 11.8. The van der Waals surface area contributed by atoms with Gasteiger partial charge in [0.2, 0.25) is 0 Å². The molecule has 0 amide bonds. The quantitative estimate of drug-likeness (QED) is 0.725. The van der Waals surface area contributed by atoms with Crippen molar-refractivity contribution in [3.63, 3.8) is 0 Å². The zero-order valence-electron chi connectivity index (χ0n) is 9.16. The van der Waals surface area contributed by atoms with Gasteiger partial charge < -0.3 is 9.84 Å². The Balaban J connectivity index is 2.01. The molecule has 0 aromatic carbocycles. The number of ether oxygens (including phenoxy) is 1. The van der Waals surface area contributed by atoms with Crippen LogP contribution in [0.25, 0.3) is 0 Å². The van der Waals surface area contributed by atoms with Crippen molar-refractivity contribution in [2.75, 3.05) is 6.61 Å². The molecule has 15 heavy (non-hydrogen) atoms. The van der Waals surface area contributed by atoms with E-state index in [0.29, 0.717) is 24.2 Å². The molecule has 1 aliphatic carbocycles. The lowest BCUT2D eigenvalue weighted by Gasteiger charge is -2.21. The second-order valence-corrected chi connectivity index (χ2v) is 4.49. The Morgan fingerprint density at radius 1 is 1.47 bits per heavy atom. The van der Waals surface area contributed by atoms with E-state index in [2.05, 4.69) is 6.92 Å². The van der Waals surface area contributed by atoms with E-state index in [1.807, 2.05) is 0 Å². The molecule has 1 N–H and O–H groups in total. The summed E-state index contributed by atoms with van der Waals surface area (Å²) in [6.07, 6.45) is 4.20. The molecule has 0 spiro atoms. The minimum atomic E-state index is 0.132. The topological polar surface area (TPSA) is 49.8 Å². The van der Waals surface area contributed by atoms with Crippen molar-refractivity contribution in [1.82, 2.24) is 0 Å². The maximum absolute atomic E-state index is 11.8. The van der Waals surface area contributed by atoms with Gasteiger partial charge in [-0.2, -0.15) is 0 Å². The van der Waals surface area contributed by atoms with E-state index in [-0.39, 0.29) is 17.8 Å². The average molecular weight is 210 g/mol. The molecule has 3 heteroatoms. The van der Waals surface area contributed by atoms with Crippen molar-refractivity contribution in [3.05, 3.63) is 11.3 Å². The van der Waals surface area contributed by atoms with Gasteiger partial charge in [0.1, 0.15) is 0 Å². The van der Waals surface area contributed by atoms with Crippen molar-refractivity contribution in [2.24, 2.45) is 5.92 Å². The molecule has 0 saturated carbocycles. The van der Waals surface area contributed by atoms with Crippen molar-refractivity contribution in [1.29, 1.82) is 0 Å². The Bertz CT molecular complexity index is 289. The van der Waals surface area contributed by atoms with Crippen molar-refractivity contribution in [3.8, 4) is 0 Å². The van der Waals surface area contributed by atoms with Gasteiger partial charge in [0, 0.05) is 24.3 Å². The second-order valence-electron chi connectivity index (χ2n) is 4.49. The van der Waals surface area contributed by atoms with Gasteiger partial charge in [-0.3, -0.25) is 4.79 Å². The molecule has 2 rings (SSSR count). The van der Waals surface area contributed by atoms with Crippen molar-refractivity contribution in [2.45, 2.75) is 45.1 Å². The fourth-order valence-electron chi connectivity index (χ4n) is 2.19. The summed E-state index contributed by atoms with van der Waals surface area (Å²) >= 11 is 0. The number of hydrogen-bond donors (Lipinski definition) is 1. The molecular formula is C12H18O3. The number of allylic oxidation sites excluding steroid dienone is 2. The molecule has 0 radical (unpaired) electrons. The van der Waals surface area contributed by atoms with Gasteiger partial charge in [0.05, 0.1) is 18.5 Å². The summed E-state index contributed by atoms with van der Waals surface area (Å²) in [6, 6.07) is 0. The minimum Gasteiger partial charge on any atom is -0.512 e. The maximum atomic E-state index is 11.8. The number of ketones is 1. The summed E-state index contributed by atoms with van der Waals surface area (Å²) < 4.78 is 5.18. The van der Waals surface area contributed by atoms with Gasteiger partial charge in [0.25, 0.3) is 0 Å². The maximum Gasteiger partial charge on any atom is 0.162 e. The Hall–Kier alpha value is -0.830. The Morgan fingerprint density at radius 2 is 2.20 bits per heavy atom. The summed E-state index contributed by atoms with van der Waals surface area (Å²) in [5.74, 6) is 0.677. The monoisotopic (exact) mass is 210 g/mol. The summed E-state index contributed by atoms with van der Waals surface area (Å²) in [5, 5.41) is 9.82. The molecule has 2 atom stereocenters. The number of rotatable bonds is 4. The van der Waals surface area contributed by atoms with Crippen LogP contribution >= 0.6 is 0 Å². The van der Waals surface area contributed by atoms with E-state index in [9.17, 15) is 9.90 Å². The zero-order chi connectivity index (χ0) is 10.8. The number of epoxide rings is 1. The van der Waals surface area contributed by atoms with Crippen LogP contribution in [0.1, 0.15) is 39.0 Å². The third-order valence-corrected chi connectivity index (χ3v) is 3.25. The highest BCUT2D eigenvalue weighted by atomic mass is 16.6. The summed E-state index contributed by atoms with van der Waals surface area (Å²) in [7, 11) is 0. The normalized spacial score (nSPS) is 30.9. The highest BCUT2D eigenvalue weighted by Crippen LogP contribution is 2.35. The molecule has 1 heterocycles. The molecule has 84 valence electrons. The van der Waals surface area contributed by atoms with Gasteiger partial charge in [-0.1, -0.05) is 13.3 Å². The molecule has 0 aromatic heterocycles. The van der Waals surface area contributed by atoms with Crippen molar-refractivity contribution < 1.29 is 14.6 Å². The van der Waals surface area contributed by atoms with Crippen LogP contribution in [0.4, 0.5) is 0 Å². The van der Waals surface area contributed by atoms with Gasteiger partial charge in [-0.15, -0.1) is 0 Å². The third-order valence-electron chi connectivity index (χ3n) is 3.25. The SMILES string of the molecule is CCCCC1=C(O)CC(C2CO2)CC1=O. The number of Topliss-reactive ketones (excluding diaryl/α,β-unsaturated/α-hetero) is 1. The first-order chi connectivity index (χ1) is 7.22. The standard InChI is InChI=1S/C12H18O3/c1-2-3-4-9-10(13)5-8(6-11(9)14)12-7-15-12/h8,12-13H,2-7H2,1H3. The lowest BCUT2D eigenvalue weighted by Crippen LogP contribution is -2.23. The molecule has 1 fully saturated rings. The third kappa shape index (κ3) is 2.40. The van der Waals surface area contributed by atoms with Crippen LogP contribution in [0.15, 0.2) is 11.3 Å². The molecule has 3 nitrogen and oxygen atoms in total.